The number of hydrogen-bond acceptors (Lipinski definition) is 3. The van der Waals surface area contributed by atoms with Crippen LogP contribution in [0.3, 0.4) is 0 Å². The predicted octanol–water partition coefficient (Wildman–Crippen LogP) is 5.24. The van der Waals surface area contributed by atoms with Crippen molar-refractivity contribution in [3.05, 3.63) is 59.7 Å². The number of hydrogen-bond donors (Lipinski definition) is 1. The number of fused-ring (bicyclic) bond motifs is 3. The summed E-state index contributed by atoms with van der Waals surface area (Å²) in [4.78, 5) is 24.3. The smallest absolute Gasteiger partial charge is 0.407 e. The summed E-state index contributed by atoms with van der Waals surface area (Å²) in [5, 5.41) is 2.20. The summed E-state index contributed by atoms with van der Waals surface area (Å²) < 4.78 is 5.55. The van der Waals surface area contributed by atoms with Crippen LogP contribution < -0.4 is 5.32 Å². The molecular weight excluding hydrogens is 374 g/mol. The average Bonchev–Trinajstić information content (AvgIpc) is 3.05. The lowest BCUT2D eigenvalue weighted by atomic mass is 9.84. The van der Waals surface area contributed by atoms with Gasteiger partial charge in [-0.1, -0.05) is 67.8 Å². The maximum absolute atomic E-state index is 12.4. The first-order valence-electron chi connectivity index (χ1n) is 9.96. The van der Waals surface area contributed by atoms with Gasteiger partial charge in [-0.05, 0) is 52.6 Å². The summed E-state index contributed by atoms with van der Waals surface area (Å²) in [5.41, 5.74) is 4.69. The van der Waals surface area contributed by atoms with Gasteiger partial charge in [-0.25, -0.2) is 4.79 Å². The third-order valence-corrected chi connectivity index (χ3v) is 6.22. The van der Waals surface area contributed by atoms with Crippen molar-refractivity contribution in [2.24, 2.45) is 5.92 Å². The highest BCUT2D eigenvalue weighted by atomic mass is 35.5. The fourth-order valence-electron chi connectivity index (χ4n) is 4.59. The molecule has 0 heterocycles. The highest BCUT2D eigenvalue weighted by Gasteiger charge is 2.32. The standard InChI is InChI=1S/C23H24ClNO3/c24-22(26)21(15-8-2-1-3-9-15)25-23(27)28-14-20-18-12-6-4-10-16(18)17-11-5-7-13-19(17)20/h4-7,10-13,15,20-21H,1-3,8-9,14H2,(H,25,27). The van der Waals surface area contributed by atoms with Crippen molar-refractivity contribution in [3.63, 3.8) is 0 Å². The molecule has 4 nitrogen and oxygen atoms in total. The molecule has 28 heavy (non-hydrogen) atoms. The molecule has 0 spiro atoms. The van der Waals surface area contributed by atoms with Gasteiger partial charge in [0, 0.05) is 5.92 Å². The molecule has 2 aromatic rings. The quantitative estimate of drug-likeness (QED) is 0.702. The van der Waals surface area contributed by atoms with Gasteiger partial charge in [0.25, 0.3) is 0 Å². The van der Waals surface area contributed by atoms with Crippen LogP contribution in [-0.2, 0) is 9.53 Å². The van der Waals surface area contributed by atoms with E-state index in [1.54, 1.807) is 0 Å². The molecule has 2 aliphatic carbocycles. The highest BCUT2D eigenvalue weighted by Crippen LogP contribution is 2.44. The number of ether oxygens (including phenoxy) is 1. The topological polar surface area (TPSA) is 55.4 Å². The third-order valence-electron chi connectivity index (χ3n) is 5.98. The maximum Gasteiger partial charge on any atom is 0.407 e. The molecule has 0 aliphatic heterocycles. The Morgan fingerprint density at radius 2 is 1.54 bits per heavy atom. The van der Waals surface area contributed by atoms with Crippen LogP contribution in [0.4, 0.5) is 4.79 Å². The summed E-state index contributed by atoms with van der Waals surface area (Å²) >= 11 is 5.77. The number of carbonyl (C=O) groups excluding carboxylic acids is 2. The van der Waals surface area contributed by atoms with Crippen LogP contribution >= 0.6 is 11.6 Å². The summed E-state index contributed by atoms with van der Waals surface area (Å²) in [6.45, 7) is 0.230. The molecule has 0 saturated heterocycles. The summed E-state index contributed by atoms with van der Waals surface area (Å²) in [6.07, 6.45) is 4.55. The zero-order valence-corrected chi connectivity index (χ0v) is 16.5. The zero-order chi connectivity index (χ0) is 19.5. The van der Waals surface area contributed by atoms with Crippen molar-refractivity contribution < 1.29 is 14.3 Å². The summed E-state index contributed by atoms with van der Waals surface area (Å²) in [5.74, 6) is 0.0946. The second kappa shape index (κ2) is 8.36. The van der Waals surface area contributed by atoms with Crippen LogP contribution in [0.15, 0.2) is 48.5 Å². The molecule has 0 bridgehead atoms. The Bertz CT molecular complexity index is 830. The number of amides is 1. The number of carbonyl (C=O) groups is 2. The van der Waals surface area contributed by atoms with E-state index in [4.69, 9.17) is 16.3 Å². The van der Waals surface area contributed by atoms with E-state index in [9.17, 15) is 9.59 Å². The Hall–Kier alpha value is -2.33. The molecule has 2 aromatic carbocycles. The molecule has 0 radical (unpaired) electrons. The molecule has 1 amide bonds. The van der Waals surface area contributed by atoms with Crippen LogP contribution in [0.25, 0.3) is 11.1 Å². The highest BCUT2D eigenvalue weighted by molar-refractivity contribution is 6.64. The summed E-state index contributed by atoms with van der Waals surface area (Å²) in [6, 6.07) is 15.7. The molecule has 1 unspecified atom stereocenters. The minimum Gasteiger partial charge on any atom is -0.449 e. The molecule has 1 N–H and O–H groups in total. The first-order valence-corrected chi connectivity index (χ1v) is 10.3. The Labute approximate surface area is 170 Å². The fraction of sp³-hybridized carbons (Fsp3) is 0.391. The molecule has 0 aromatic heterocycles. The Morgan fingerprint density at radius 3 is 2.11 bits per heavy atom. The van der Waals surface area contributed by atoms with Crippen LogP contribution in [-0.4, -0.2) is 24.0 Å². The van der Waals surface area contributed by atoms with Gasteiger partial charge in [0.05, 0.1) is 0 Å². The largest absolute Gasteiger partial charge is 0.449 e. The summed E-state index contributed by atoms with van der Waals surface area (Å²) in [7, 11) is 0. The van der Waals surface area contributed by atoms with Gasteiger partial charge in [0.15, 0.2) is 0 Å². The van der Waals surface area contributed by atoms with Gasteiger partial charge in [-0.2, -0.15) is 0 Å². The second-order valence-electron chi connectivity index (χ2n) is 7.65. The first-order chi connectivity index (χ1) is 13.6. The van der Waals surface area contributed by atoms with Crippen molar-refractivity contribution in [1.29, 1.82) is 0 Å². The van der Waals surface area contributed by atoms with Crippen molar-refractivity contribution in [1.82, 2.24) is 5.32 Å². The van der Waals surface area contributed by atoms with E-state index < -0.39 is 17.4 Å². The van der Waals surface area contributed by atoms with Gasteiger partial charge in [0.1, 0.15) is 12.6 Å². The van der Waals surface area contributed by atoms with Crippen molar-refractivity contribution in [3.8, 4) is 11.1 Å². The van der Waals surface area contributed by atoms with Crippen LogP contribution in [0.1, 0.15) is 49.1 Å². The van der Waals surface area contributed by atoms with Gasteiger partial charge in [0.2, 0.25) is 5.24 Å². The number of nitrogens with one attached hydrogen (secondary N) is 1. The minimum atomic E-state index is -0.669. The number of halogens is 1. The number of benzene rings is 2. The normalized spacial score (nSPS) is 17.5. The molecule has 1 saturated carbocycles. The predicted molar refractivity (Wildman–Crippen MR) is 109 cm³/mol. The molecule has 5 heteroatoms. The SMILES string of the molecule is O=C(NC(C(=O)Cl)C1CCCCC1)OCC1c2ccccc2-c2ccccc21. The van der Waals surface area contributed by atoms with Crippen molar-refractivity contribution in [2.45, 2.75) is 44.1 Å². The van der Waals surface area contributed by atoms with Gasteiger partial charge in [-0.15, -0.1) is 0 Å². The van der Waals surface area contributed by atoms with E-state index in [2.05, 4.69) is 29.6 Å². The molecule has 1 atom stereocenters. The molecule has 4 rings (SSSR count). The second-order valence-corrected chi connectivity index (χ2v) is 8.02. The van der Waals surface area contributed by atoms with E-state index in [1.165, 1.54) is 17.5 Å². The minimum absolute atomic E-state index is 0.00187. The van der Waals surface area contributed by atoms with Gasteiger partial charge >= 0.3 is 6.09 Å². The van der Waals surface area contributed by atoms with E-state index >= 15 is 0 Å². The fourth-order valence-corrected chi connectivity index (χ4v) is 4.83. The maximum atomic E-state index is 12.4. The zero-order valence-electron chi connectivity index (χ0n) is 15.7. The lowest BCUT2D eigenvalue weighted by Gasteiger charge is -2.28. The third kappa shape index (κ3) is 3.79. The van der Waals surface area contributed by atoms with Crippen LogP contribution in [0.2, 0.25) is 0 Å². The first kappa shape index (κ1) is 19.0. The number of alkyl carbamates (subject to hydrolysis) is 1. The van der Waals surface area contributed by atoms with E-state index in [1.807, 2.05) is 24.3 Å². The lowest BCUT2D eigenvalue weighted by Crippen LogP contribution is -2.45. The average molecular weight is 398 g/mol. The lowest BCUT2D eigenvalue weighted by molar-refractivity contribution is -0.114. The molecule has 2 aliphatic rings. The molecule has 1 fully saturated rings. The Morgan fingerprint density at radius 1 is 0.964 bits per heavy atom. The van der Waals surface area contributed by atoms with Gasteiger partial charge < -0.3 is 10.1 Å². The molecular formula is C23H24ClNO3. The van der Waals surface area contributed by atoms with E-state index in [-0.39, 0.29) is 18.4 Å². The Kier molecular flexibility index (Phi) is 5.67. The van der Waals surface area contributed by atoms with E-state index in [0.717, 1.165) is 36.8 Å². The van der Waals surface area contributed by atoms with Crippen LogP contribution in [0.5, 0.6) is 0 Å². The van der Waals surface area contributed by atoms with Crippen molar-refractivity contribution in [2.75, 3.05) is 6.61 Å². The molecule has 146 valence electrons. The number of rotatable bonds is 5. The van der Waals surface area contributed by atoms with Crippen LogP contribution in [0, 0.1) is 5.92 Å². The van der Waals surface area contributed by atoms with Crippen molar-refractivity contribution >= 4 is 22.9 Å². The monoisotopic (exact) mass is 397 g/mol. The van der Waals surface area contributed by atoms with Gasteiger partial charge in [-0.3, -0.25) is 4.79 Å². The Balaban J connectivity index is 1.44. The van der Waals surface area contributed by atoms with E-state index in [0.29, 0.717) is 0 Å².